The summed E-state index contributed by atoms with van der Waals surface area (Å²) in [5, 5.41) is 1.98. The molecule has 32 heavy (non-hydrogen) atoms. The lowest BCUT2D eigenvalue weighted by atomic mass is 10.1. The molecule has 1 aliphatic rings. The van der Waals surface area contributed by atoms with Crippen molar-refractivity contribution in [2.45, 2.75) is 6.42 Å². The number of methoxy groups -OCH3 is 1. The first-order chi connectivity index (χ1) is 15.6. The van der Waals surface area contributed by atoms with Crippen molar-refractivity contribution in [1.82, 2.24) is 19.2 Å². The lowest BCUT2D eigenvalue weighted by molar-refractivity contribution is -0.132. The van der Waals surface area contributed by atoms with Crippen LogP contribution in [0.15, 0.2) is 58.7 Å². The number of carbonyl (C=O) groups excluding carboxylic acids is 2. The molecule has 0 atom stereocenters. The van der Waals surface area contributed by atoms with Crippen LogP contribution < -0.4 is 4.74 Å². The molecule has 1 fully saturated rings. The molecule has 8 nitrogen and oxygen atoms in total. The Morgan fingerprint density at radius 3 is 2.53 bits per heavy atom. The Bertz CT molecular complexity index is 1240. The van der Waals surface area contributed by atoms with E-state index in [1.54, 1.807) is 24.1 Å². The Balaban J connectivity index is 1.24. The van der Waals surface area contributed by atoms with Gasteiger partial charge in [0.25, 0.3) is 5.91 Å². The molecule has 0 saturated carbocycles. The van der Waals surface area contributed by atoms with Gasteiger partial charge in [-0.15, -0.1) is 11.3 Å². The molecule has 5 rings (SSSR count). The third-order valence-electron chi connectivity index (χ3n) is 5.65. The van der Waals surface area contributed by atoms with Gasteiger partial charge in [0.05, 0.1) is 25.5 Å². The van der Waals surface area contributed by atoms with E-state index in [4.69, 9.17) is 14.1 Å². The van der Waals surface area contributed by atoms with Crippen molar-refractivity contribution in [2.75, 3.05) is 33.3 Å². The molecular weight excluding hydrogens is 428 g/mol. The van der Waals surface area contributed by atoms with Crippen LogP contribution >= 0.6 is 11.3 Å². The van der Waals surface area contributed by atoms with Crippen LogP contribution in [-0.4, -0.2) is 64.3 Å². The van der Waals surface area contributed by atoms with Gasteiger partial charge in [0, 0.05) is 49.0 Å². The number of thiazole rings is 1. The second-order valence-corrected chi connectivity index (χ2v) is 8.40. The van der Waals surface area contributed by atoms with E-state index in [0.717, 1.165) is 27.7 Å². The van der Waals surface area contributed by atoms with Crippen LogP contribution in [0.5, 0.6) is 5.75 Å². The van der Waals surface area contributed by atoms with Gasteiger partial charge in [-0.25, -0.2) is 4.98 Å². The summed E-state index contributed by atoms with van der Waals surface area (Å²) in [5.41, 5.74) is 2.77. The number of ether oxygens (including phenoxy) is 1. The van der Waals surface area contributed by atoms with Gasteiger partial charge in [-0.1, -0.05) is 0 Å². The van der Waals surface area contributed by atoms with E-state index < -0.39 is 0 Å². The van der Waals surface area contributed by atoms with Crippen molar-refractivity contribution in [1.29, 1.82) is 0 Å². The Hall–Kier alpha value is -3.59. The maximum absolute atomic E-state index is 12.9. The molecule has 0 radical (unpaired) electrons. The molecule has 2 amide bonds. The monoisotopic (exact) mass is 450 g/mol. The largest absolute Gasteiger partial charge is 0.497 e. The van der Waals surface area contributed by atoms with Gasteiger partial charge in [-0.3, -0.25) is 14.0 Å². The molecule has 1 aromatic carbocycles. The molecule has 9 heteroatoms. The lowest BCUT2D eigenvalue weighted by Gasteiger charge is -2.34. The topological polar surface area (TPSA) is 80.3 Å². The van der Waals surface area contributed by atoms with Crippen LogP contribution in [0.1, 0.15) is 16.2 Å². The Morgan fingerprint density at radius 1 is 1.09 bits per heavy atom. The minimum absolute atomic E-state index is 0.0505. The molecule has 1 aliphatic heterocycles. The summed E-state index contributed by atoms with van der Waals surface area (Å²) in [6.07, 6.45) is 3.76. The smallest absolute Gasteiger partial charge is 0.289 e. The SMILES string of the molecule is COc1ccc(-c2cn3c(CC(=O)N4CCN(C(=O)c5ccco5)CC4)csc3n2)cc1. The number of hydrogen-bond acceptors (Lipinski definition) is 6. The number of nitrogens with zero attached hydrogens (tertiary/aromatic N) is 4. The minimum Gasteiger partial charge on any atom is -0.497 e. The van der Waals surface area contributed by atoms with E-state index in [-0.39, 0.29) is 11.8 Å². The summed E-state index contributed by atoms with van der Waals surface area (Å²) in [5.74, 6) is 1.05. The highest BCUT2D eigenvalue weighted by molar-refractivity contribution is 7.15. The number of carbonyl (C=O) groups is 2. The van der Waals surface area contributed by atoms with Gasteiger partial charge in [-0.05, 0) is 36.4 Å². The number of piperazine rings is 1. The number of rotatable bonds is 5. The van der Waals surface area contributed by atoms with Crippen LogP contribution in [0.2, 0.25) is 0 Å². The summed E-state index contributed by atoms with van der Waals surface area (Å²) >= 11 is 1.52. The van der Waals surface area contributed by atoms with E-state index in [9.17, 15) is 9.59 Å². The summed E-state index contributed by atoms with van der Waals surface area (Å²) in [7, 11) is 1.64. The number of benzene rings is 1. The lowest BCUT2D eigenvalue weighted by Crippen LogP contribution is -2.51. The molecule has 4 aromatic rings. The quantitative estimate of drug-likeness (QED) is 0.467. The van der Waals surface area contributed by atoms with Crippen molar-refractivity contribution < 1.29 is 18.7 Å². The van der Waals surface area contributed by atoms with Crippen LogP contribution in [0.4, 0.5) is 0 Å². The zero-order valence-corrected chi connectivity index (χ0v) is 18.4. The molecular formula is C23H22N4O4S. The van der Waals surface area contributed by atoms with Crippen molar-refractivity contribution in [3.8, 4) is 17.0 Å². The number of imidazole rings is 1. The van der Waals surface area contributed by atoms with Crippen molar-refractivity contribution in [3.05, 3.63) is 65.7 Å². The predicted molar refractivity (Wildman–Crippen MR) is 120 cm³/mol. The minimum atomic E-state index is -0.133. The molecule has 164 valence electrons. The first kappa shape index (κ1) is 20.3. The van der Waals surface area contributed by atoms with E-state index >= 15 is 0 Å². The fourth-order valence-electron chi connectivity index (χ4n) is 3.84. The Labute approximate surface area is 188 Å². The van der Waals surface area contributed by atoms with Gasteiger partial charge in [-0.2, -0.15) is 0 Å². The molecule has 4 heterocycles. The second kappa shape index (κ2) is 8.51. The summed E-state index contributed by atoms with van der Waals surface area (Å²) < 4.78 is 12.4. The summed E-state index contributed by atoms with van der Waals surface area (Å²) in [6.45, 7) is 2.02. The Morgan fingerprint density at radius 2 is 1.84 bits per heavy atom. The van der Waals surface area contributed by atoms with E-state index in [1.807, 2.05) is 45.1 Å². The summed E-state index contributed by atoms with van der Waals surface area (Å²) in [6, 6.07) is 11.1. The summed E-state index contributed by atoms with van der Waals surface area (Å²) in [4.78, 5) is 34.4. The highest BCUT2D eigenvalue weighted by atomic mass is 32.1. The van der Waals surface area contributed by atoms with Gasteiger partial charge in [0.2, 0.25) is 5.91 Å². The highest BCUT2D eigenvalue weighted by Crippen LogP contribution is 2.26. The molecule has 3 aromatic heterocycles. The third-order valence-corrected chi connectivity index (χ3v) is 6.54. The van der Waals surface area contributed by atoms with Crippen LogP contribution in [0.25, 0.3) is 16.2 Å². The normalized spacial score (nSPS) is 14.2. The zero-order chi connectivity index (χ0) is 22.1. The number of fused-ring (bicyclic) bond motifs is 1. The van der Waals surface area contributed by atoms with E-state index in [0.29, 0.717) is 38.4 Å². The van der Waals surface area contributed by atoms with Gasteiger partial charge >= 0.3 is 0 Å². The second-order valence-electron chi connectivity index (χ2n) is 7.56. The van der Waals surface area contributed by atoms with Crippen LogP contribution in [0.3, 0.4) is 0 Å². The molecule has 1 saturated heterocycles. The van der Waals surface area contributed by atoms with E-state index in [1.165, 1.54) is 17.6 Å². The van der Waals surface area contributed by atoms with E-state index in [2.05, 4.69) is 0 Å². The molecule has 0 bridgehead atoms. The molecule has 0 unspecified atom stereocenters. The molecule has 0 aliphatic carbocycles. The first-order valence-electron chi connectivity index (χ1n) is 10.3. The highest BCUT2D eigenvalue weighted by Gasteiger charge is 2.26. The van der Waals surface area contributed by atoms with Crippen molar-refractivity contribution in [2.24, 2.45) is 0 Å². The van der Waals surface area contributed by atoms with Crippen molar-refractivity contribution >= 4 is 28.1 Å². The van der Waals surface area contributed by atoms with Crippen LogP contribution in [-0.2, 0) is 11.2 Å². The van der Waals surface area contributed by atoms with Crippen molar-refractivity contribution in [3.63, 3.8) is 0 Å². The zero-order valence-electron chi connectivity index (χ0n) is 17.6. The number of aromatic nitrogens is 2. The number of amides is 2. The Kier molecular flexibility index (Phi) is 5.40. The fraction of sp³-hybridized carbons (Fsp3) is 0.261. The molecule has 0 N–H and O–H groups in total. The first-order valence-corrected chi connectivity index (χ1v) is 11.2. The standard InChI is InChI=1S/C23H22N4O4S/c1-30-18-6-4-16(5-7-18)19-14-27-17(15-32-23(27)24-19)13-21(28)25-8-10-26(11-9-25)22(29)20-3-2-12-31-20/h2-7,12,14-15H,8-11,13H2,1H3. The third kappa shape index (κ3) is 3.87. The molecule has 0 spiro atoms. The fourth-order valence-corrected chi connectivity index (χ4v) is 4.71. The average molecular weight is 451 g/mol. The van der Waals surface area contributed by atoms with Gasteiger partial charge in [0.15, 0.2) is 10.7 Å². The maximum atomic E-state index is 12.9. The average Bonchev–Trinajstić information content (AvgIpc) is 3.58. The predicted octanol–water partition coefficient (Wildman–Crippen LogP) is 3.19. The number of hydrogen-bond donors (Lipinski definition) is 0. The number of furan rings is 1. The van der Waals surface area contributed by atoms with Gasteiger partial charge < -0.3 is 19.0 Å². The van der Waals surface area contributed by atoms with Gasteiger partial charge in [0.1, 0.15) is 5.75 Å². The maximum Gasteiger partial charge on any atom is 0.289 e. The van der Waals surface area contributed by atoms with Crippen LogP contribution in [0, 0.1) is 0 Å².